The fraction of sp³-hybridized carbons (Fsp3) is 0.824. The van der Waals surface area contributed by atoms with Gasteiger partial charge >= 0.3 is 0 Å². The number of aliphatic hydroxyl groups excluding tert-OH is 1. The maximum atomic E-state index is 10.7. The molecule has 0 aromatic carbocycles. The predicted octanol–water partition coefficient (Wildman–Crippen LogP) is 2.42. The van der Waals surface area contributed by atoms with Crippen LogP contribution in [0, 0.1) is 24.7 Å². The first-order valence-electron chi connectivity index (χ1n) is 8.32. The molecule has 2 heterocycles. The van der Waals surface area contributed by atoms with Gasteiger partial charge in [0.1, 0.15) is 0 Å². The standard InChI is InChI=1S/C17H28N2O2S/c1-10-12(7-13-9-18-19(3)11(13)2)8-14(20)17-16(10)15(21-4)5-6-22-17/h9-10,12,14-17,20H,5-8H2,1-4H3. The third kappa shape index (κ3) is 2.83. The normalized spacial score (nSPS) is 38.8. The van der Waals surface area contributed by atoms with Crippen LogP contribution >= 0.6 is 11.8 Å². The van der Waals surface area contributed by atoms with Crippen molar-refractivity contribution in [2.24, 2.45) is 24.8 Å². The molecule has 6 unspecified atom stereocenters. The third-order valence-corrected chi connectivity index (χ3v) is 7.40. The number of rotatable bonds is 3. The summed E-state index contributed by atoms with van der Waals surface area (Å²) in [6, 6.07) is 0. The SMILES string of the molecule is COC1CCSC2C(O)CC(Cc3cnn(C)c3C)C(C)C12. The summed E-state index contributed by atoms with van der Waals surface area (Å²) in [7, 11) is 3.82. The second-order valence-corrected chi connectivity index (χ2v) is 8.27. The quantitative estimate of drug-likeness (QED) is 0.927. The Hall–Kier alpha value is -0.520. The molecule has 2 fully saturated rings. The number of ether oxygens (including phenoxy) is 1. The summed E-state index contributed by atoms with van der Waals surface area (Å²) in [5.74, 6) is 2.66. The number of hydrogen-bond acceptors (Lipinski definition) is 4. The van der Waals surface area contributed by atoms with Crippen molar-refractivity contribution >= 4 is 11.8 Å². The number of methoxy groups -OCH3 is 1. The molecular weight excluding hydrogens is 296 g/mol. The monoisotopic (exact) mass is 324 g/mol. The van der Waals surface area contributed by atoms with Crippen molar-refractivity contribution in [3.05, 3.63) is 17.5 Å². The highest BCUT2D eigenvalue weighted by atomic mass is 32.2. The first-order chi connectivity index (χ1) is 10.5. The zero-order valence-electron chi connectivity index (χ0n) is 14.0. The second-order valence-electron chi connectivity index (χ2n) is 6.98. The molecule has 3 rings (SSSR count). The van der Waals surface area contributed by atoms with Crippen molar-refractivity contribution in [2.45, 2.75) is 50.6 Å². The number of hydrogen-bond donors (Lipinski definition) is 1. The maximum Gasteiger partial charge on any atom is 0.0665 e. The lowest BCUT2D eigenvalue weighted by atomic mass is 9.67. The van der Waals surface area contributed by atoms with Crippen LogP contribution in [-0.2, 0) is 18.2 Å². The van der Waals surface area contributed by atoms with E-state index < -0.39 is 0 Å². The molecule has 1 aromatic heterocycles. The van der Waals surface area contributed by atoms with Crippen LogP contribution in [0.2, 0.25) is 0 Å². The number of fused-ring (bicyclic) bond motifs is 1. The molecule has 1 aliphatic carbocycles. The van der Waals surface area contributed by atoms with E-state index in [0.717, 1.165) is 25.0 Å². The van der Waals surface area contributed by atoms with E-state index in [1.54, 1.807) is 0 Å². The summed E-state index contributed by atoms with van der Waals surface area (Å²) >= 11 is 1.95. The Morgan fingerprint density at radius 3 is 2.91 bits per heavy atom. The lowest BCUT2D eigenvalue weighted by Crippen LogP contribution is -2.52. The highest BCUT2D eigenvalue weighted by molar-refractivity contribution is 8.00. The van der Waals surface area contributed by atoms with Gasteiger partial charge in [0.25, 0.3) is 0 Å². The average molecular weight is 324 g/mol. The van der Waals surface area contributed by atoms with Crippen LogP contribution in [0.5, 0.6) is 0 Å². The summed E-state index contributed by atoms with van der Waals surface area (Å²) in [5, 5.41) is 15.4. The van der Waals surface area contributed by atoms with Gasteiger partial charge in [0, 0.05) is 31.0 Å². The minimum absolute atomic E-state index is 0.203. The van der Waals surface area contributed by atoms with Crippen molar-refractivity contribution in [2.75, 3.05) is 12.9 Å². The van der Waals surface area contributed by atoms with Crippen LogP contribution in [0.1, 0.15) is 31.0 Å². The van der Waals surface area contributed by atoms with Crippen LogP contribution in [0.15, 0.2) is 6.20 Å². The highest BCUT2D eigenvalue weighted by Gasteiger charge is 2.47. The summed E-state index contributed by atoms with van der Waals surface area (Å²) in [4.78, 5) is 0. The molecule has 1 N–H and O–H groups in total. The summed E-state index contributed by atoms with van der Waals surface area (Å²) in [6.07, 6.45) is 5.12. The van der Waals surface area contributed by atoms with E-state index in [1.807, 2.05) is 36.8 Å². The molecule has 0 spiro atoms. The van der Waals surface area contributed by atoms with Gasteiger partial charge in [0.15, 0.2) is 0 Å². The summed E-state index contributed by atoms with van der Waals surface area (Å²) in [5.41, 5.74) is 2.56. The van der Waals surface area contributed by atoms with Gasteiger partial charge in [-0.25, -0.2) is 0 Å². The van der Waals surface area contributed by atoms with E-state index in [9.17, 15) is 5.11 Å². The molecule has 4 nitrogen and oxygen atoms in total. The average Bonchev–Trinajstić information content (AvgIpc) is 2.83. The minimum atomic E-state index is -0.203. The molecular formula is C17H28N2O2S. The maximum absolute atomic E-state index is 10.7. The van der Waals surface area contributed by atoms with Crippen LogP contribution in [-0.4, -0.2) is 45.2 Å². The van der Waals surface area contributed by atoms with Gasteiger partial charge in [-0.1, -0.05) is 6.92 Å². The van der Waals surface area contributed by atoms with Crippen LogP contribution in [0.4, 0.5) is 0 Å². The van der Waals surface area contributed by atoms with Gasteiger partial charge in [-0.05, 0) is 49.3 Å². The molecule has 1 aliphatic heterocycles. The van der Waals surface area contributed by atoms with E-state index in [2.05, 4.69) is 18.9 Å². The van der Waals surface area contributed by atoms with E-state index in [4.69, 9.17) is 4.74 Å². The smallest absolute Gasteiger partial charge is 0.0665 e. The van der Waals surface area contributed by atoms with E-state index in [0.29, 0.717) is 29.1 Å². The largest absolute Gasteiger partial charge is 0.392 e. The molecule has 0 amide bonds. The Kier molecular flexibility index (Phi) is 4.86. The van der Waals surface area contributed by atoms with Gasteiger partial charge in [0.05, 0.1) is 18.4 Å². The summed E-state index contributed by atoms with van der Waals surface area (Å²) < 4.78 is 7.71. The van der Waals surface area contributed by atoms with Gasteiger partial charge in [-0.2, -0.15) is 16.9 Å². The zero-order chi connectivity index (χ0) is 15.9. The molecule has 22 heavy (non-hydrogen) atoms. The Morgan fingerprint density at radius 2 is 2.27 bits per heavy atom. The summed E-state index contributed by atoms with van der Waals surface area (Å²) in [6.45, 7) is 4.49. The number of thioether (sulfide) groups is 1. The molecule has 0 bridgehead atoms. The van der Waals surface area contributed by atoms with E-state index >= 15 is 0 Å². The molecule has 1 saturated carbocycles. The molecule has 6 atom stereocenters. The van der Waals surface area contributed by atoms with Crippen LogP contribution < -0.4 is 0 Å². The van der Waals surface area contributed by atoms with Gasteiger partial charge in [-0.15, -0.1) is 0 Å². The molecule has 124 valence electrons. The van der Waals surface area contributed by atoms with E-state index in [1.165, 1.54) is 11.3 Å². The third-order valence-electron chi connectivity index (χ3n) is 5.92. The topological polar surface area (TPSA) is 47.3 Å². The number of aromatic nitrogens is 2. The van der Waals surface area contributed by atoms with Gasteiger partial charge in [-0.3, -0.25) is 4.68 Å². The minimum Gasteiger partial charge on any atom is -0.392 e. The first-order valence-corrected chi connectivity index (χ1v) is 9.37. The lowest BCUT2D eigenvalue weighted by Gasteiger charge is -2.49. The Balaban J connectivity index is 1.79. The van der Waals surface area contributed by atoms with Crippen molar-refractivity contribution in [3.8, 4) is 0 Å². The lowest BCUT2D eigenvalue weighted by molar-refractivity contribution is -0.0435. The number of aryl methyl sites for hydroxylation is 1. The highest BCUT2D eigenvalue weighted by Crippen LogP contribution is 2.47. The molecule has 1 saturated heterocycles. The van der Waals surface area contributed by atoms with E-state index in [-0.39, 0.29) is 6.10 Å². The Bertz CT molecular complexity index is 519. The second kappa shape index (κ2) is 6.54. The zero-order valence-corrected chi connectivity index (χ0v) is 14.8. The predicted molar refractivity (Wildman–Crippen MR) is 90.1 cm³/mol. The van der Waals surface area contributed by atoms with Gasteiger partial charge in [0.2, 0.25) is 0 Å². The fourth-order valence-electron chi connectivity index (χ4n) is 4.39. The van der Waals surface area contributed by atoms with Crippen molar-refractivity contribution < 1.29 is 9.84 Å². The molecule has 1 aromatic rings. The first kappa shape index (κ1) is 16.3. The van der Waals surface area contributed by atoms with Gasteiger partial charge < -0.3 is 9.84 Å². The van der Waals surface area contributed by atoms with Crippen LogP contribution in [0.3, 0.4) is 0 Å². The van der Waals surface area contributed by atoms with Crippen molar-refractivity contribution in [1.29, 1.82) is 0 Å². The van der Waals surface area contributed by atoms with Crippen molar-refractivity contribution in [3.63, 3.8) is 0 Å². The Morgan fingerprint density at radius 1 is 1.50 bits per heavy atom. The fourth-order valence-corrected chi connectivity index (χ4v) is 6.00. The molecule has 0 radical (unpaired) electrons. The van der Waals surface area contributed by atoms with Crippen molar-refractivity contribution in [1.82, 2.24) is 9.78 Å². The number of nitrogens with zero attached hydrogens (tertiary/aromatic N) is 2. The van der Waals surface area contributed by atoms with Crippen LogP contribution in [0.25, 0.3) is 0 Å². The molecule has 5 heteroatoms. The molecule has 2 aliphatic rings. The number of aliphatic hydroxyl groups is 1. The Labute approximate surface area is 137 Å².